The standard InChI is InChI=1S/C22H25N5O2S/c1-4-27-20(17-8-6-5-7-9-17)24-25-22(27)30-15-19(28)26(3)14-16-10-12-18(13-11-16)21(29)23-2/h5-13H,4,14-15H2,1-3H3,(H,23,29). The van der Waals surface area contributed by atoms with Crippen molar-refractivity contribution in [3.8, 4) is 11.4 Å². The van der Waals surface area contributed by atoms with E-state index >= 15 is 0 Å². The Balaban J connectivity index is 1.60. The molecular formula is C22H25N5O2S. The molecule has 0 saturated carbocycles. The molecule has 156 valence electrons. The monoisotopic (exact) mass is 423 g/mol. The van der Waals surface area contributed by atoms with Crippen molar-refractivity contribution < 1.29 is 9.59 Å². The van der Waals surface area contributed by atoms with Gasteiger partial charge < -0.3 is 14.8 Å². The van der Waals surface area contributed by atoms with Gasteiger partial charge in [0.2, 0.25) is 5.91 Å². The molecule has 0 aliphatic heterocycles. The van der Waals surface area contributed by atoms with E-state index in [0.29, 0.717) is 12.1 Å². The van der Waals surface area contributed by atoms with Crippen LogP contribution in [0.25, 0.3) is 11.4 Å². The minimum absolute atomic E-state index is 0.00212. The zero-order chi connectivity index (χ0) is 21.5. The minimum Gasteiger partial charge on any atom is -0.355 e. The number of amides is 2. The summed E-state index contributed by atoms with van der Waals surface area (Å²) >= 11 is 1.39. The number of aromatic nitrogens is 3. The van der Waals surface area contributed by atoms with E-state index in [-0.39, 0.29) is 17.6 Å². The fourth-order valence-electron chi connectivity index (χ4n) is 2.99. The first-order valence-corrected chi connectivity index (χ1v) is 10.7. The summed E-state index contributed by atoms with van der Waals surface area (Å²) in [7, 11) is 3.37. The van der Waals surface area contributed by atoms with Gasteiger partial charge in [0.25, 0.3) is 5.91 Å². The summed E-state index contributed by atoms with van der Waals surface area (Å²) in [6.07, 6.45) is 0. The Hall–Kier alpha value is -3.13. The summed E-state index contributed by atoms with van der Waals surface area (Å²) in [6.45, 7) is 3.24. The molecule has 0 bridgehead atoms. The summed E-state index contributed by atoms with van der Waals surface area (Å²) < 4.78 is 2.02. The molecule has 1 N–H and O–H groups in total. The van der Waals surface area contributed by atoms with Crippen LogP contribution >= 0.6 is 11.8 Å². The number of nitrogens with zero attached hydrogens (tertiary/aromatic N) is 4. The van der Waals surface area contributed by atoms with Crippen LogP contribution in [0.5, 0.6) is 0 Å². The van der Waals surface area contributed by atoms with Gasteiger partial charge in [-0.25, -0.2) is 0 Å². The molecule has 2 amide bonds. The van der Waals surface area contributed by atoms with E-state index in [9.17, 15) is 9.59 Å². The predicted octanol–water partition coefficient (Wildman–Crippen LogP) is 3.08. The molecule has 0 atom stereocenters. The quantitative estimate of drug-likeness (QED) is 0.563. The molecule has 0 radical (unpaired) electrons. The van der Waals surface area contributed by atoms with E-state index < -0.39 is 0 Å². The largest absolute Gasteiger partial charge is 0.355 e. The average molecular weight is 424 g/mol. The van der Waals surface area contributed by atoms with Crippen molar-refractivity contribution in [1.82, 2.24) is 25.0 Å². The lowest BCUT2D eigenvalue weighted by molar-refractivity contribution is -0.127. The van der Waals surface area contributed by atoms with Crippen LogP contribution in [0.2, 0.25) is 0 Å². The molecule has 30 heavy (non-hydrogen) atoms. The second-order valence-electron chi connectivity index (χ2n) is 6.73. The molecule has 0 unspecified atom stereocenters. The van der Waals surface area contributed by atoms with Crippen LogP contribution in [-0.4, -0.2) is 51.3 Å². The summed E-state index contributed by atoms with van der Waals surface area (Å²) in [6, 6.07) is 17.1. The van der Waals surface area contributed by atoms with Gasteiger partial charge in [-0.1, -0.05) is 54.2 Å². The topological polar surface area (TPSA) is 80.1 Å². The Kier molecular flexibility index (Phi) is 7.24. The van der Waals surface area contributed by atoms with E-state index in [1.807, 2.05) is 54.0 Å². The number of carbonyl (C=O) groups excluding carboxylic acids is 2. The van der Waals surface area contributed by atoms with E-state index in [1.165, 1.54) is 11.8 Å². The number of thioether (sulfide) groups is 1. The van der Waals surface area contributed by atoms with Crippen molar-refractivity contribution in [2.45, 2.75) is 25.2 Å². The number of hydrogen-bond acceptors (Lipinski definition) is 5. The Labute approximate surface area is 180 Å². The highest BCUT2D eigenvalue weighted by atomic mass is 32.2. The molecule has 0 aliphatic carbocycles. The molecule has 3 aromatic rings. The van der Waals surface area contributed by atoms with Crippen LogP contribution in [0.4, 0.5) is 0 Å². The third kappa shape index (κ3) is 5.07. The molecule has 1 heterocycles. The van der Waals surface area contributed by atoms with Crippen LogP contribution in [0, 0.1) is 0 Å². The van der Waals surface area contributed by atoms with Gasteiger partial charge in [0.05, 0.1) is 5.75 Å². The first kappa shape index (κ1) is 21.6. The molecule has 0 aliphatic rings. The number of carbonyl (C=O) groups is 2. The summed E-state index contributed by atoms with van der Waals surface area (Å²) in [5.74, 6) is 0.955. The fraction of sp³-hybridized carbons (Fsp3) is 0.273. The second kappa shape index (κ2) is 10.1. The SMILES string of the molecule is CCn1c(SCC(=O)N(C)Cc2ccc(C(=O)NC)cc2)nnc1-c1ccccc1. The van der Waals surface area contributed by atoms with Crippen LogP contribution in [0.15, 0.2) is 59.8 Å². The van der Waals surface area contributed by atoms with E-state index in [1.54, 1.807) is 31.1 Å². The minimum atomic E-state index is -0.128. The normalized spacial score (nSPS) is 10.6. The van der Waals surface area contributed by atoms with Gasteiger partial charge in [0, 0.05) is 38.3 Å². The Bertz CT molecular complexity index is 1000. The lowest BCUT2D eigenvalue weighted by Gasteiger charge is -2.17. The maximum absolute atomic E-state index is 12.6. The Morgan fingerprint density at radius 1 is 1.07 bits per heavy atom. The van der Waals surface area contributed by atoms with Crippen LogP contribution in [0.3, 0.4) is 0 Å². The van der Waals surface area contributed by atoms with Crippen molar-refractivity contribution in [3.05, 3.63) is 65.7 Å². The highest BCUT2D eigenvalue weighted by Gasteiger charge is 2.16. The Morgan fingerprint density at radius 3 is 2.40 bits per heavy atom. The molecular weight excluding hydrogens is 398 g/mol. The van der Waals surface area contributed by atoms with E-state index in [0.717, 1.165) is 28.7 Å². The highest BCUT2D eigenvalue weighted by molar-refractivity contribution is 7.99. The van der Waals surface area contributed by atoms with Crippen molar-refractivity contribution in [3.63, 3.8) is 0 Å². The molecule has 2 aromatic carbocycles. The third-order valence-corrected chi connectivity index (χ3v) is 5.63. The lowest BCUT2D eigenvalue weighted by atomic mass is 10.1. The number of hydrogen-bond donors (Lipinski definition) is 1. The number of nitrogens with one attached hydrogen (secondary N) is 1. The van der Waals surface area contributed by atoms with Crippen LogP contribution in [-0.2, 0) is 17.9 Å². The summed E-state index contributed by atoms with van der Waals surface area (Å²) in [5, 5.41) is 11.9. The van der Waals surface area contributed by atoms with Crippen molar-refractivity contribution in [1.29, 1.82) is 0 Å². The first-order chi connectivity index (χ1) is 14.5. The predicted molar refractivity (Wildman–Crippen MR) is 118 cm³/mol. The molecule has 3 rings (SSSR count). The van der Waals surface area contributed by atoms with E-state index in [4.69, 9.17) is 0 Å². The molecule has 0 spiro atoms. The van der Waals surface area contributed by atoms with Crippen molar-refractivity contribution in [2.24, 2.45) is 0 Å². The summed E-state index contributed by atoms with van der Waals surface area (Å²) in [4.78, 5) is 25.9. The zero-order valence-corrected chi connectivity index (χ0v) is 18.1. The number of rotatable bonds is 8. The van der Waals surface area contributed by atoms with Gasteiger partial charge in [-0.3, -0.25) is 9.59 Å². The zero-order valence-electron chi connectivity index (χ0n) is 17.3. The van der Waals surface area contributed by atoms with Gasteiger partial charge in [-0.05, 0) is 24.6 Å². The maximum atomic E-state index is 12.6. The molecule has 7 nitrogen and oxygen atoms in total. The molecule has 8 heteroatoms. The smallest absolute Gasteiger partial charge is 0.251 e. The van der Waals surface area contributed by atoms with Crippen molar-refractivity contribution in [2.75, 3.05) is 19.8 Å². The second-order valence-corrected chi connectivity index (χ2v) is 7.67. The van der Waals surface area contributed by atoms with Gasteiger partial charge in [0.1, 0.15) is 0 Å². The van der Waals surface area contributed by atoms with Gasteiger partial charge in [-0.15, -0.1) is 10.2 Å². The van der Waals surface area contributed by atoms with Gasteiger partial charge >= 0.3 is 0 Å². The lowest BCUT2D eigenvalue weighted by Crippen LogP contribution is -2.28. The molecule has 0 fully saturated rings. The fourth-order valence-corrected chi connectivity index (χ4v) is 3.93. The Morgan fingerprint density at radius 2 is 1.77 bits per heavy atom. The van der Waals surface area contributed by atoms with E-state index in [2.05, 4.69) is 15.5 Å². The highest BCUT2D eigenvalue weighted by Crippen LogP contribution is 2.24. The van der Waals surface area contributed by atoms with Gasteiger partial charge in [0.15, 0.2) is 11.0 Å². The van der Waals surface area contributed by atoms with Crippen LogP contribution in [0.1, 0.15) is 22.8 Å². The summed E-state index contributed by atoms with van der Waals surface area (Å²) in [5.41, 5.74) is 2.56. The molecule has 0 saturated heterocycles. The maximum Gasteiger partial charge on any atom is 0.251 e. The average Bonchev–Trinajstić information content (AvgIpc) is 3.20. The first-order valence-electron chi connectivity index (χ1n) is 9.70. The van der Waals surface area contributed by atoms with Crippen LogP contribution < -0.4 is 5.32 Å². The van der Waals surface area contributed by atoms with Crippen molar-refractivity contribution >= 4 is 23.6 Å². The third-order valence-electron chi connectivity index (χ3n) is 4.68. The number of benzene rings is 2. The molecule has 1 aromatic heterocycles. The van der Waals surface area contributed by atoms with Gasteiger partial charge in [-0.2, -0.15) is 0 Å².